The third-order valence-corrected chi connectivity index (χ3v) is 2.87. The first-order valence-corrected chi connectivity index (χ1v) is 6.48. The smallest absolute Gasteiger partial charge is 0.124 e. The summed E-state index contributed by atoms with van der Waals surface area (Å²) in [6.07, 6.45) is 1.73. The Bertz CT molecular complexity index is 540. The number of benzene rings is 2. The van der Waals surface area contributed by atoms with Crippen LogP contribution in [0, 0.1) is 0 Å². The first kappa shape index (κ1) is 13.5. The van der Waals surface area contributed by atoms with Crippen molar-refractivity contribution in [3.05, 3.63) is 71.8 Å². The molecule has 2 rings (SSSR count). The van der Waals surface area contributed by atoms with E-state index in [1.54, 1.807) is 6.08 Å². The molecule has 0 aliphatic heterocycles. The number of nitrogens with one attached hydrogen (secondary N) is 1. The molecule has 1 N–H and O–H groups in total. The molecule has 2 aromatic rings. The second-order valence-corrected chi connectivity index (χ2v) is 4.51. The Kier molecular flexibility index (Phi) is 4.87. The van der Waals surface area contributed by atoms with Crippen LogP contribution >= 0.6 is 11.6 Å². The number of para-hydroxylation sites is 1. The number of anilines is 1. The van der Waals surface area contributed by atoms with E-state index >= 15 is 0 Å². The van der Waals surface area contributed by atoms with Crippen molar-refractivity contribution >= 4 is 17.3 Å². The zero-order chi connectivity index (χ0) is 13.5. The summed E-state index contributed by atoms with van der Waals surface area (Å²) in [6, 6.07) is 15.6. The Morgan fingerprint density at radius 3 is 2.68 bits per heavy atom. The highest BCUT2D eigenvalue weighted by atomic mass is 35.5. The second kappa shape index (κ2) is 6.86. The van der Waals surface area contributed by atoms with Crippen molar-refractivity contribution in [2.24, 2.45) is 0 Å². The van der Waals surface area contributed by atoms with Gasteiger partial charge < -0.3 is 10.1 Å². The van der Waals surface area contributed by atoms with Gasteiger partial charge in [-0.3, -0.25) is 0 Å². The van der Waals surface area contributed by atoms with Gasteiger partial charge in [0.2, 0.25) is 0 Å². The number of hydrogen-bond donors (Lipinski definition) is 1. The summed E-state index contributed by atoms with van der Waals surface area (Å²) in [7, 11) is 0. The van der Waals surface area contributed by atoms with Crippen LogP contribution in [-0.2, 0) is 6.54 Å². The molecule has 2 aromatic carbocycles. The lowest BCUT2D eigenvalue weighted by Crippen LogP contribution is -2.03. The van der Waals surface area contributed by atoms with Gasteiger partial charge in [0, 0.05) is 22.8 Å². The maximum atomic E-state index is 6.03. The molecule has 0 saturated heterocycles. The normalized spacial score (nSPS) is 9.95. The highest BCUT2D eigenvalue weighted by Crippen LogP contribution is 2.24. The molecule has 98 valence electrons. The number of halogens is 1. The topological polar surface area (TPSA) is 21.3 Å². The van der Waals surface area contributed by atoms with Crippen LogP contribution in [0.5, 0.6) is 5.75 Å². The number of rotatable bonds is 6. The maximum absolute atomic E-state index is 6.03. The van der Waals surface area contributed by atoms with E-state index in [0.717, 1.165) is 17.0 Å². The molecule has 0 spiro atoms. The fourth-order valence-electron chi connectivity index (χ4n) is 1.73. The number of hydrogen-bond acceptors (Lipinski definition) is 2. The highest BCUT2D eigenvalue weighted by Gasteiger charge is 2.04. The summed E-state index contributed by atoms with van der Waals surface area (Å²) >= 11 is 6.03. The minimum atomic E-state index is 0.486. The minimum Gasteiger partial charge on any atom is -0.489 e. The van der Waals surface area contributed by atoms with Gasteiger partial charge >= 0.3 is 0 Å². The van der Waals surface area contributed by atoms with Crippen molar-refractivity contribution in [3.8, 4) is 5.75 Å². The lowest BCUT2D eigenvalue weighted by atomic mass is 10.2. The van der Waals surface area contributed by atoms with E-state index in [1.807, 2.05) is 48.5 Å². The second-order valence-electron chi connectivity index (χ2n) is 4.07. The predicted molar refractivity (Wildman–Crippen MR) is 80.9 cm³/mol. The Morgan fingerprint density at radius 2 is 1.95 bits per heavy atom. The molecule has 0 aliphatic rings. The summed E-state index contributed by atoms with van der Waals surface area (Å²) in [5, 5.41) is 4.04. The molecule has 2 nitrogen and oxygen atoms in total. The van der Waals surface area contributed by atoms with Crippen LogP contribution in [0.15, 0.2) is 61.2 Å². The molecular weight excluding hydrogens is 258 g/mol. The van der Waals surface area contributed by atoms with Gasteiger partial charge in [-0.2, -0.15) is 0 Å². The molecule has 19 heavy (non-hydrogen) atoms. The standard InChI is InChI=1S/C16H16ClNO/c1-2-10-19-16-9-8-14(17)11-13(16)12-18-15-6-4-3-5-7-15/h2-9,11,18H,1,10,12H2. The molecule has 0 saturated carbocycles. The zero-order valence-electron chi connectivity index (χ0n) is 10.6. The molecule has 0 fully saturated rings. The molecule has 3 heteroatoms. The van der Waals surface area contributed by atoms with E-state index in [2.05, 4.69) is 11.9 Å². The van der Waals surface area contributed by atoms with Gasteiger partial charge in [0.15, 0.2) is 0 Å². The van der Waals surface area contributed by atoms with Crippen LogP contribution in [0.1, 0.15) is 5.56 Å². The molecule has 0 heterocycles. The average Bonchev–Trinajstić information content (AvgIpc) is 2.45. The predicted octanol–water partition coefficient (Wildman–Crippen LogP) is 4.52. The quantitative estimate of drug-likeness (QED) is 0.782. The Hall–Kier alpha value is -1.93. The van der Waals surface area contributed by atoms with Crippen molar-refractivity contribution in [3.63, 3.8) is 0 Å². The molecule has 0 unspecified atom stereocenters. The first-order valence-electron chi connectivity index (χ1n) is 6.10. The summed E-state index contributed by atoms with van der Waals surface area (Å²) in [5.74, 6) is 0.827. The van der Waals surface area contributed by atoms with Gasteiger partial charge in [-0.1, -0.05) is 42.5 Å². The van der Waals surface area contributed by atoms with E-state index in [1.165, 1.54) is 0 Å². The van der Waals surface area contributed by atoms with Crippen LogP contribution < -0.4 is 10.1 Å². The summed E-state index contributed by atoms with van der Waals surface area (Å²) in [5.41, 5.74) is 2.09. The monoisotopic (exact) mass is 273 g/mol. The average molecular weight is 274 g/mol. The lowest BCUT2D eigenvalue weighted by Gasteiger charge is -2.12. The third kappa shape index (κ3) is 4.04. The van der Waals surface area contributed by atoms with Gasteiger partial charge in [0.25, 0.3) is 0 Å². The van der Waals surface area contributed by atoms with Crippen molar-refractivity contribution in [2.75, 3.05) is 11.9 Å². The fraction of sp³-hybridized carbons (Fsp3) is 0.125. The third-order valence-electron chi connectivity index (χ3n) is 2.64. The number of ether oxygens (including phenoxy) is 1. The van der Waals surface area contributed by atoms with E-state index in [-0.39, 0.29) is 0 Å². The van der Waals surface area contributed by atoms with E-state index < -0.39 is 0 Å². The maximum Gasteiger partial charge on any atom is 0.124 e. The highest BCUT2D eigenvalue weighted by molar-refractivity contribution is 6.30. The summed E-state index contributed by atoms with van der Waals surface area (Å²) < 4.78 is 5.61. The van der Waals surface area contributed by atoms with Gasteiger partial charge in [-0.05, 0) is 30.3 Å². The van der Waals surface area contributed by atoms with Crippen molar-refractivity contribution in [2.45, 2.75) is 6.54 Å². The Balaban J connectivity index is 2.09. The van der Waals surface area contributed by atoms with Crippen LogP contribution in [0.25, 0.3) is 0 Å². The fourth-order valence-corrected chi connectivity index (χ4v) is 1.92. The van der Waals surface area contributed by atoms with Crippen LogP contribution in [0.3, 0.4) is 0 Å². The van der Waals surface area contributed by atoms with Gasteiger partial charge in [0.1, 0.15) is 12.4 Å². The largest absolute Gasteiger partial charge is 0.489 e. The minimum absolute atomic E-state index is 0.486. The van der Waals surface area contributed by atoms with E-state index in [9.17, 15) is 0 Å². The van der Waals surface area contributed by atoms with Crippen molar-refractivity contribution in [1.29, 1.82) is 0 Å². The zero-order valence-corrected chi connectivity index (χ0v) is 11.4. The van der Waals surface area contributed by atoms with Crippen molar-refractivity contribution in [1.82, 2.24) is 0 Å². The Labute approximate surface area is 118 Å². The van der Waals surface area contributed by atoms with Crippen LogP contribution in [0.2, 0.25) is 5.02 Å². The van der Waals surface area contributed by atoms with Gasteiger partial charge in [-0.25, -0.2) is 0 Å². The van der Waals surface area contributed by atoms with E-state index in [4.69, 9.17) is 16.3 Å². The van der Waals surface area contributed by atoms with Gasteiger partial charge in [-0.15, -0.1) is 0 Å². The van der Waals surface area contributed by atoms with Crippen LogP contribution in [0.4, 0.5) is 5.69 Å². The van der Waals surface area contributed by atoms with E-state index in [0.29, 0.717) is 18.2 Å². The molecule has 0 amide bonds. The van der Waals surface area contributed by atoms with Gasteiger partial charge in [0.05, 0.1) is 0 Å². The molecular formula is C16H16ClNO. The summed E-state index contributed by atoms with van der Waals surface area (Å²) in [4.78, 5) is 0. The van der Waals surface area contributed by atoms with Crippen LogP contribution in [-0.4, -0.2) is 6.61 Å². The molecule has 0 radical (unpaired) electrons. The SMILES string of the molecule is C=CCOc1ccc(Cl)cc1CNc1ccccc1. The Morgan fingerprint density at radius 1 is 1.16 bits per heavy atom. The molecule has 0 atom stereocenters. The lowest BCUT2D eigenvalue weighted by molar-refractivity contribution is 0.359. The first-order chi connectivity index (χ1) is 9.29. The molecule has 0 aliphatic carbocycles. The summed E-state index contributed by atoms with van der Waals surface area (Å²) in [6.45, 7) is 4.80. The van der Waals surface area contributed by atoms with Crippen molar-refractivity contribution < 1.29 is 4.74 Å². The molecule has 0 aromatic heterocycles. The molecule has 0 bridgehead atoms.